The molecule has 2 aliphatic rings. The maximum Gasteiger partial charge on any atom is 0.338 e. The van der Waals surface area contributed by atoms with Gasteiger partial charge in [0.2, 0.25) is 6.79 Å². The number of aromatic nitrogens is 1. The van der Waals surface area contributed by atoms with E-state index >= 15 is 0 Å². The van der Waals surface area contributed by atoms with Crippen LogP contribution in [0.2, 0.25) is 0 Å². The van der Waals surface area contributed by atoms with Gasteiger partial charge in [0.15, 0.2) is 16.3 Å². The highest BCUT2D eigenvalue weighted by Gasteiger charge is 2.30. The van der Waals surface area contributed by atoms with E-state index in [1.807, 2.05) is 60.7 Å². The van der Waals surface area contributed by atoms with Gasteiger partial charge in [0, 0.05) is 0 Å². The summed E-state index contributed by atoms with van der Waals surface area (Å²) in [5.74, 6) is 0.849. The Labute approximate surface area is 199 Å². The van der Waals surface area contributed by atoms with Crippen molar-refractivity contribution in [2.45, 2.75) is 19.9 Å². The quantitative estimate of drug-likeness (QED) is 0.531. The molecule has 1 atom stereocenters. The fourth-order valence-corrected chi connectivity index (χ4v) is 4.99. The minimum absolute atomic E-state index is 0.185. The van der Waals surface area contributed by atoms with E-state index in [2.05, 4.69) is 4.99 Å². The van der Waals surface area contributed by atoms with Crippen molar-refractivity contribution in [1.29, 1.82) is 0 Å². The molecular formula is C26H22N2O5S. The summed E-state index contributed by atoms with van der Waals surface area (Å²) < 4.78 is 18.2. The Hall–Kier alpha value is -3.91. The average molecular weight is 475 g/mol. The number of hydrogen-bond donors (Lipinski definition) is 0. The second-order valence-corrected chi connectivity index (χ2v) is 8.74. The molecule has 0 unspecified atom stereocenters. The Kier molecular flexibility index (Phi) is 5.90. The van der Waals surface area contributed by atoms with Crippen LogP contribution in [0.1, 0.15) is 31.0 Å². The number of carbonyl (C=O) groups excluding carboxylic acids is 1. The first-order chi connectivity index (χ1) is 16.5. The number of ether oxygens (including phenoxy) is 3. The molecule has 0 N–H and O–H groups in total. The van der Waals surface area contributed by atoms with Crippen LogP contribution in [-0.4, -0.2) is 23.9 Å². The second-order valence-electron chi connectivity index (χ2n) is 7.73. The number of allylic oxidation sites excluding steroid dienone is 2. The van der Waals surface area contributed by atoms with E-state index < -0.39 is 12.0 Å². The van der Waals surface area contributed by atoms with Crippen molar-refractivity contribution in [3.8, 4) is 11.5 Å². The standard InChI is InChI=1S/C26H22N2O5S/c1-3-31-25(30)23-16(2)27-26-28(19(23)11-9-17-7-5-4-6-8-17)24(29)22(34-26)14-18-10-12-20-21(13-18)33-15-32-20/h4-14,19H,3,15H2,1-2H3/b11-9-,22-14?/t19-/m1/s1. The Balaban J connectivity index is 1.63. The second kappa shape index (κ2) is 9.15. The van der Waals surface area contributed by atoms with E-state index in [1.54, 1.807) is 24.5 Å². The van der Waals surface area contributed by atoms with Crippen LogP contribution in [0.25, 0.3) is 12.2 Å². The zero-order valence-corrected chi connectivity index (χ0v) is 19.5. The van der Waals surface area contributed by atoms with Gasteiger partial charge in [-0.05, 0) is 43.2 Å². The van der Waals surface area contributed by atoms with Gasteiger partial charge >= 0.3 is 5.97 Å². The van der Waals surface area contributed by atoms with Gasteiger partial charge in [0.25, 0.3) is 5.56 Å². The number of carbonyl (C=O) groups is 1. The van der Waals surface area contributed by atoms with Crippen LogP contribution in [-0.2, 0) is 9.53 Å². The normalized spacial score (nSPS) is 17.1. The molecule has 0 saturated carbocycles. The molecule has 8 heteroatoms. The van der Waals surface area contributed by atoms with Crippen LogP contribution < -0.4 is 24.4 Å². The van der Waals surface area contributed by atoms with Crippen molar-refractivity contribution in [2.75, 3.05) is 13.4 Å². The van der Waals surface area contributed by atoms with Crippen molar-refractivity contribution < 1.29 is 19.0 Å². The third kappa shape index (κ3) is 4.08. The molecule has 0 radical (unpaired) electrons. The first-order valence-corrected chi connectivity index (χ1v) is 11.7. The molecule has 34 heavy (non-hydrogen) atoms. The van der Waals surface area contributed by atoms with E-state index in [4.69, 9.17) is 14.2 Å². The maximum atomic E-state index is 13.5. The number of nitrogens with zero attached hydrogens (tertiary/aromatic N) is 2. The summed E-state index contributed by atoms with van der Waals surface area (Å²) in [6.45, 7) is 3.94. The van der Waals surface area contributed by atoms with Gasteiger partial charge in [-0.2, -0.15) is 0 Å². The molecule has 0 amide bonds. The molecule has 0 bridgehead atoms. The Morgan fingerprint density at radius 1 is 1.18 bits per heavy atom. The molecule has 2 aliphatic heterocycles. The molecule has 1 aromatic heterocycles. The van der Waals surface area contributed by atoms with Crippen molar-refractivity contribution in [3.05, 3.63) is 96.7 Å². The number of hydrogen-bond acceptors (Lipinski definition) is 7. The molecule has 2 aromatic carbocycles. The summed E-state index contributed by atoms with van der Waals surface area (Å²) in [6, 6.07) is 14.6. The average Bonchev–Trinajstić information content (AvgIpc) is 3.42. The molecule has 0 fully saturated rings. The number of fused-ring (bicyclic) bond motifs is 2. The van der Waals surface area contributed by atoms with Gasteiger partial charge in [0.1, 0.15) is 0 Å². The maximum absolute atomic E-state index is 13.5. The van der Waals surface area contributed by atoms with Gasteiger partial charge in [0.05, 0.1) is 28.5 Å². The van der Waals surface area contributed by atoms with E-state index in [0.29, 0.717) is 32.1 Å². The molecular weight excluding hydrogens is 452 g/mol. The van der Waals surface area contributed by atoms with Gasteiger partial charge < -0.3 is 14.2 Å². The van der Waals surface area contributed by atoms with E-state index in [9.17, 15) is 9.59 Å². The molecule has 3 aromatic rings. The lowest BCUT2D eigenvalue weighted by molar-refractivity contribution is -0.139. The topological polar surface area (TPSA) is 79.1 Å². The number of thiazole rings is 1. The molecule has 7 nitrogen and oxygen atoms in total. The first-order valence-electron chi connectivity index (χ1n) is 10.9. The Bertz CT molecular complexity index is 1500. The number of benzene rings is 2. The third-order valence-electron chi connectivity index (χ3n) is 5.52. The lowest BCUT2D eigenvalue weighted by atomic mass is 10.0. The highest BCUT2D eigenvalue weighted by Crippen LogP contribution is 2.32. The number of rotatable bonds is 5. The van der Waals surface area contributed by atoms with Gasteiger partial charge in [-0.3, -0.25) is 9.36 Å². The minimum Gasteiger partial charge on any atom is -0.463 e. The molecule has 172 valence electrons. The lowest BCUT2D eigenvalue weighted by Gasteiger charge is -2.21. The molecule has 0 saturated heterocycles. The largest absolute Gasteiger partial charge is 0.463 e. The molecule has 0 aliphatic carbocycles. The number of esters is 1. The van der Waals surface area contributed by atoms with Crippen LogP contribution in [0, 0.1) is 0 Å². The molecule has 0 spiro atoms. The smallest absolute Gasteiger partial charge is 0.338 e. The van der Waals surface area contributed by atoms with Gasteiger partial charge in [-0.1, -0.05) is 59.9 Å². The lowest BCUT2D eigenvalue weighted by Crippen LogP contribution is -2.38. The van der Waals surface area contributed by atoms with Crippen LogP contribution in [0.15, 0.2) is 75.7 Å². The summed E-state index contributed by atoms with van der Waals surface area (Å²) in [5, 5.41) is 0. The Morgan fingerprint density at radius 3 is 2.76 bits per heavy atom. The van der Waals surface area contributed by atoms with Gasteiger partial charge in [-0.25, -0.2) is 9.79 Å². The highest BCUT2D eigenvalue weighted by molar-refractivity contribution is 7.07. The summed E-state index contributed by atoms with van der Waals surface area (Å²) in [6.07, 6.45) is 5.55. The summed E-state index contributed by atoms with van der Waals surface area (Å²) in [4.78, 5) is 31.5. The van der Waals surface area contributed by atoms with Gasteiger partial charge in [-0.15, -0.1) is 0 Å². The van der Waals surface area contributed by atoms with E-state index in [-0.39, 0.29) is 19.0 Å². The minimum atomic E-state index is -0.630. The zero-order chi connectivity index (χ0) is 23.7. The van der Waals surface area contributed by atoms with Crippen LogP contribution in [0.4, 0.5) is 0 Å². The zero-order valence-electron chi connectivity index (χ0n) is 18.7. The monoisotopic (exact) mass is 474 g/mol. The van der Waals surface area contributed by atoms with E-state index in [0.717, 1.165) is 11.1 Å². The van der Waals surface area contributed by atoms with E-state index in [1.165, 1.54) is 11.3 Å². The van der Waals surface area contributed by atoms with Crippen LogP contribution >= 0.6 is 11.3 Å². The predicted octanol–water partition coefficient (Wildman–Crippen LogP) is 3.19. The predicted molar refractivity (Wildman–Crippen MR) is 129 cm³/mol. The summed E-state index contributed by atoms with van der Waals surface area (Å²) in [5.41, 5.74) is 2.45. The van der Waals surface area contributed by atoms with Crippen LogP contribution in [0.3, 0.4) is 0 Å². The highest BCUT2D eigenvalue weighted by atomic mass is 32.1. The Morgan fingerprint density at radius 2 is 1.97 bits per heavy atom. The SMILES string of the molecule is CCOC(=O)C1=C(C)N=c2sc(=Cc3ccc4c(c3)OCO4)c(=O)n2[C@@H]1/C=C\c1ccccc1. The van der Waals surface area contributed by atoms with Crippen molar-refractivity contribution in [2.24, 2.45) is 4.99 Å². The fraction of sp³-hybridized carbons (Fsp3) is 0.192. The third-order valence-corrected chi connectivity index (χ3v) is 6.51. The fourth-order valence-electron chi connectivity index (χ4n) is 3.94. The first kappa shape index (κ1) is 21.9. The van der Waals surface area contributed by atoms with Crippen molar-refractivity contribution >= 4 is 29.5 Å². The molecule has 3 heterocycles. The van der Waals surface area contributed by atoms with Crippen molar-refractivity contribution in [3.63, 3.8) is 0 Å². The molecule has 5 rings (SSSR count). The van der Waals surface area contributed by atoms with Crippen molar-refractivity contribution in [1.82, 2.24) is 4.57 Å². The van der Waals surface area contributed by atoms with Crippen LogP contribution in [0.5, 0.6) is 11.5 Å². The summed E-state index contributed by atoms with van der Waals surface area (Å²) in [7, 11) is 0. The summed E-state index contributed by atoms with van der Waals surface area (Å²) >= 11 is 1.28.